The van der Waals surface area contributed by atoms with Crippen LogP contribution in [0.3, 0.4) is 0 Å². The van der Waals surface area contributed by atoms with Gasteiger partial charge in [-0.2, -0.15) is 0 Å². The molecule has 2 atom stereocenters. The van der Waals surface area contributed by atoms with E-state index in [1.54, 1.807) is 0 Å². The first-order valence-electron chi connectivity index (χ1n) is 7.13. The fourth-order valence-electron chi connectivity index (χ4n) is 2.75. The first kappa shape index (κ1) is 13.3. The van der Waals surface area contributed by atoms with Gasteiger partial charge in [-0.15, -0.1) is 0 Å². The monoisotopic (exact) mass is 247 g/mol. The third kappa shape index (κ3) is 3.45. The van der Waals surface area contributed by atoms with Gasteiger partial charge in [-0.05, 0) is 51.3 Å². The average molecular weight is 247 g/mol. The Morgan fingerprint density at radius 1 is 1.39 bits per heavy atom. The van der Waals surface area contributed by atoms with Crippen LogP contribution >= 0.6 is 0 Å². The molecule has 0 amide bonds. The number of pyridine rings is 1. The smallest absolute Gasteiger partial charge is 0.126 e. The minimum Gasteiger partial charge on any atom is -0.370 e. The van der Waals surface area contributed by atoms with Crippen molar-refractivity contribution in [1.82, 2.24) is 9.88 Å². The maximum absolute atomic E-state index is 4.66. The van der Waals surface area contributed by atoms with Crippen LogP contribution in [-0.2, 0) is 6.54 Å². The SMILES string of the molecule is CCNc1cccc(CN2CCC(C)CC2C)n1. The summed E-state index contributed by atoms with van der Waals surface area (Å²) in [5.74, 6) is 1.87. The van der Waals surface area contributed by atoms with E-state index >= 15 is 0 Å². The summed E-state index contributed by atoms with van der Waals surface area (Å²) in [5.41, 5.74) is 1.18. The number of nitrogens with one attached hydrogen (secondary N) is 1. The van der Waals surface area contributed by atoms with Crippen LogP contribution in [0.4, 0.5) is 5.82 Å². The number of likely N-dealkylation sites (tertiary alicyclic amines) is 1. The van der Waals surface area contributed by atoms with E-state index in [0.29, 0.717) is 6.04 Å². The molecule has 18 heavy (non-hydrogen) atoms. The van der Waals surface area contributed by atoms with Crippen LogP contribution in [-0.4, -0.2) is 29.0 Å². The molecule has 0 aromatic carbocycles. The molecule has 1 aromatic rings. The molecule has 0 aliphatic carbocycles. The highest BCUT2D eigenvalue weighted by molar-refractivity contribution is 5.34. The molecule has 1 aliphatic heterocycles. The van der Waals surface area contributed by atoms with E-state index in [2.05, 4.69) is 48.1 Å². The second-order valence-corrected chi connectivity index (χ2v) is 5.49. The maximum atomic E-state index is 4.66. The Hall–Kier alpha value is -1.09. The molecule has 1 saturated heterocycles. The van der Waals surface area contributed by atoms with Gasteiger partial charge in [0.05, 0.1) is 5.69 Å². The standard InChI is InChI=1S/C15H25N3/c1-4-16-15-7-5-6-14(17-15)11-18-9-8-12(2)10-13(18)3/h5-7,12-13H,4,8-11H2,1-3H3,(H,16,17). The van der Waals surface area contributed by atoms with Crippen molar-refractivity contribution in [2.45, 2.75) is 46.2 Å². The Balaban J connectivity index is 1.98. The zero-order valence-electron chi connectivity index (χ0n) is 11.8. The molecule has 2 unspecified atom stereocenters. The minimum absolute atomic E-state index is 0.679. The lowest BCUT2D eigenvalue weighted by atomic mass is 9.93. The molecule has 0 bridgehead atoms. The van der Waals surface area contributed by atoms with E-state index in [-0.39, 0.29) is 0 Å². The van der Waals surface area contributed by atoms with Crippen molar-refractivity contribution in [3.05, 3.63) is 23.9 Å². The normalized spacial score (nSPS) is 25.1. The van der Waals surface area contributed by atoms with Crippen molar-refractivity contribution >= 4 is 5.82 Å². The van der Waals surface area contributed by atoms with Crippen LogP contribution in [0.5, 0.6) is 0 Å². The van der Waals surface area contributed by atoms with E-state index in [0.717, 1.165) is 24.8 Å². The molecule has 1 aromatic heterocycles. The van der Waals surface area contributed by atoms with Crippen LogP contribution in [0.2, 0.25) is 0 Å². The average Bonchev–Trinajstić information content (AvgIpc) is 2.34. The summed E-state index contributed by atoms with van der Waals surface area (Å²) in [6.07, 6.45) is 2.63. The lowest BCUT2D eigenvalue weighted by Gasteiger charge is -2.36. The first-order valence-corrected chi connectivity index (χ1v) is 7.13. The molecule has 1 N–H and O–H groups in total. The van der Waals surface area contributed by atoms with E-state index < -0.39 is 0 Å². The highest BCUT2D eigenvalue weighted by atomic mass is 15.2. The molecule has 1 aliphatic rings. The van der Waals surface area contributed by atoms with Crippen molar-refractivity contribution in [3.8, 4) is 0 Å². The number of aromatic nitrogens is 1. The van der Waals surface area contributed by atoms with Gasteiger partial charge in [0.25, 0.3) is 0 Å². The number of nitrogens with zero attached hydrogens (tertiary/aromatic N) is 2. The summed E-state index contributed by atoms with van der Waals surface area (Å²) in [5, 5.41) is 3.27. The molecule has 100 valence electrons. The molecule has 0 spiro atoms. The van der Waals surface area contributed by atoms with Crippen LogP contribution in [0, 0.1) is 5.92 Å². The molecule has 3 heteroatoms. The van der Waals surface area contributed by atoms with E-state index in [1.165, 1.54) is 25.1 Å². The van der Waals surface area contributed by atoms with Crippen LogP contribution < -0.4 is 5.32 Å². The molecule has 1 fully saturated rings. The Morgan fingerprint density at radius 3 is 2.94 bits per heavy atom. The zero-order chi connectivity index (χ0) is 13.0. The Labute approximate surface area is 111 Å². The summed E-state index contributed by atoms with van der Waals surface area (Å²) in [7, 11) is 0. The second-order valence-electron chi connectivity index (χ2n) is 5.49. The minimum atomic E-state index is 0.679. The van der Waals surface area contributed by atoms with Gasteiger partial charge < -0.3 is 5.32 Å². The predicted molar refractivity (Wildman–Crippen MR) is 76.7 cm³/mol. The molecular formula is C15H25N3. The van der Waals surface area contributed by atoms with Gasteiger partial charge in [-0.3, -0.25) is 4.90 Å². The van der Waals surface area contributed by atoms with Gasteiger partial charge >= 0.3 is 0 Å². The largest absolute Gasteiger partial charge is 0.370 e. The highest BCUT2D eigenvalue weighted by Crippen LogP contribution is 2.23. The summed E-state index contributed by atoms with van der Waals surface area (Å²) >= 11 is 0. The lowest BCUT2D eigenvalue weighted by Crippen LogP contribution is -2.39. The van der Waals surface area contributed by atoms with Crippen molar-refractivity contribution < 1.29 is 0 Å². The summed E-state index contributed by atoms with van der Waals surface area (Å²) in [4.78, 5) is 7.21. The zero-order valence-corrected chi connectivity index (χ0v) is 11.8. The molecular weight excluding hydrogens is 222 g/mol. The number of hydrogen-bond donors (Lipinski definition) is 1. The molecule has 3 nitrogen and oxygen atoms in total. The van der Waals surface area contributed by atoms with Crippen LogP contribution in [0.25, 0.3) is 0 Å². The van der Waals surface area contributed by atoms with Gasteiger partial charge in [0.2, 0.25) is 0 Å². The molecule has 2 rings (SSSR count). The second kappa shape index (κ2) is 6.19. The maximum Gasteiger partial charge on any atom is 0.126 e. The van der Waals surface area contributed by atoms with Crippen molar-refractivity contribution in [3.63, 3.8) is 0 Å². The number of rotatable bonds is 4. The van der Waals surface area contributed by atoms with Crippen LogP contribution in [0.1, 0.15) is 39.3 Å². The Bertz CT molecular complexity index is 378. The number of hydrogen-bond acceptors (Lipinski definition) is 3. The van der Waals surface area contributed by atoms with Gasteiger partial charge in [0.15, 0.2) is 0 Å². The number of anilines is 1. The van der Waals surface area contributed by atoms with Crippen molar-refractivity contribution in [2.24, 2.45) is 5.92 Å². The Morgan fingerprint density at radius 2 is 2.22 bits per heavy atom. The highest BCUT2D eigenvalue weighted by Gasteiger charge is 2.22. The summed E-state index contributed by atoms with van der Waals surface area (Å²) in [6, 6.07) is 6.94. The fourth-order valence-corrected chi connectivity index (χ4v) is 2.75. The Kier molecular flexibility index (Phi) is 4.59. The topological polar surface area (TPSA) is 28.2 Å². The molecule has 0 radical (unpaired) electrons. The van der Waals surface area contributed by atoms with E-state index in [4.69, 9.17) is 0 Å². The predicted octanol–water partition coefficient (Wildman–Crippen LogP) is 3.13. The quantitative estimate of drug-likeness (QED) is 0.886. The van der Waals surface area contributed by atoms with Gasteiger partial charge in [0, 0.05) is 19.1 Å². The van der Waals surface area contributed by atoms with Crippen LogP contribution in [0.15, 0.2) is 18.2 Å². The van der Waals surface area contributed by atoms with E-state index in [9.17, 15) is 0 Å². The van der Waals surface area contributed by atoms with E-state index in [1.807, 2.05) is 6.07 Å². The number of piperidine rings is 1. The summed E-state index contributed by atoms with van der Waals surface area (Å²) < 4.78 is 0. The third-order valence-corrected chi connectivity index (χ3v) is 3.81. The summed E-state index contributed by atoms with van der Waals surface area (Å²) in [6.45, 7) is 9.90. The molecule has 2 heterocycles. The fraction of sp³-hybridized carbons (Fsp3) is 0.667. The van der Waals surface area contributed by atoms with Gasteiger partial charge in [-0.25, -0.2) is 4.98 Å². The van der Waals surface area contributed by atoms with Crippen molar-refractivity contribution in [2.75, 3.05) is 18.4 Å². The van der Waals surface area contributed by atoms with Crippen molar-refractivity contribution in [1.29, 1.82) is 0 Å². The lowest BCUT2D eigenvalue weighted by molar-refractivity contribution is 0.121. The molecule has 0 saturated carbocycles. The van der Waals surface area contributed by atoms with Gasteiger partial charge in [0.1, 0.15) is 5.82 Å². The first-order chi connectivity index (χ1) is 8.69. The van der Waals surface area contributed by atoms with Gasteiger partial charge in [-0.1, -0.05) is 13.0 Å². The third-order valence-electron chi connectivity index (χ3n) is 3.81.